The molecule has 0 unspecified atom stereocenters. The Labute approximate surface area is 121 Å². The highest BCUT2D eigenvalue weighted by atomic mass is 32.2. The maximum atomic E-state index is 13.8. The average molecular weight is 311 g/mol. The lowest BCUT2D eigenvalue weighted by atomic mass is 10.2. The van der Waals surface area contributed by atoms with E-state index in [2.05, 4.69) is 0 Å². The number of carboxylic acids is 1. The summed E-state index contributed by atoms with van der Waals surface area (Å²) < 4.78 is 27.3. The summed E-state index contributed by atoms with van der Waals surface area (Å²) in [7, 11) is 0. The minimum absolute atomic E-state index is 0.0848. The molecule has 0 aliphatic heterocycles. The first-order valence-corrected chi connectivity index (χ1v) is 6.35. The van der Waals surface area contributed by atoms with Crippen molar-refractivity contribution in [3.05, 3.63) is 63.7 Å². The molecule has 21 heavy (non-hydrogen) atoms. The molecule has 2 aromatic rings. The molecule has 0 saturated carbocycles. The summed E-state index contributed by atoms with van der Waals surface area (Å²) >= 11 is 0.657. The molecule has 0 amide bonds. The van der Waals surface area contributed by atoms with Gasteiger partial charge in [-0.2, -0.15) is 0 Å². The number of benzene rings is 2. The lowest BCUT2D eigenvalue weighted by molar-refractivity contribution is -0.385. The third-order valence-corrected chi connectivity index (χ3v) is 3.62. The van der Waals surface area contributed by atoms with Crippen molar-refractivity contribution in [2.75, 3.05) is 0 Å². The van der Waals surface area contributed by atoms with Crippen molar-refractivity contribution in [2.45, 2.75) is 9.79 Å². The molecule has 0 aromatic heterocycles. The predicted octanol–water partition coefficient (Wildman–Crippen LogP) is 3.72. The smallest absolute Gasteiger partial charge is 0.342 e. The molecule has 108 valence electrons. The number of nitro groups is 1. The van der Waals surface area contributed by atoms with Gasteiger partial charge in [0, 0.05) is 9.79 Å². The largest absolute Gasteiger partial charge is 0.477 e. The van der Waals surface area contributed by atoms with E-state index in [1.54, 1.807) is 0 Å². The maximum Gasteiger partial charge on any atom is 0.342 e. The second-order valence-corrected chi connectivity index (χ2v) is 4.98. The average Bonchev–Trinajstić information content (AvgIpc) is 2.42. The summed E-state index contributed by atoms with van der Waals surface area (Å²) in [5.41, 5.74) is -1.50. The maximum absolute atomic E-state index is 13.8. The Hall–Kier alpha value is -2.48. The van der Waals surface area contributed by atoms with Gasteiger partial charge in [0.15, 0.2) is 0 Å². The zero-order valence-electron chi connectivity index (χ0n) is 10.2. The number of hydrogen-bond donors (Lipinski definition) is 1. The molecule has 0 atom stereocenters. The number of halogens is 2. The fourth-order valence-electron chi connectivity index (χ4n) is 1.59. The quantitative estimate of drug-likeness (QED) is 0.687. The summed E-state index contributed by atoms with van der Waals surface area (Å²) in [5, 5.41) is 19.7. The van der Waals surface area contributed by atoms with Crippen molar-refractivity contribution in [1.82, 2.24) is 0 Å². The number of nitro benzene ring substituents is 1. The zero-order chi connectivity index (χ0) is 15.6. The summed E-state index contributed by atoms with van der Waals surface area (Å²) in [6.45, 7) is 0. The fourth-order valence-corrected chi connectivity index (χ4v) is 2.47. The molecular formula is C13H7F2NO4S. The van der Waals surface area contributed by atoms with Crippen LogP contribution in [0.1, 0.15) is 10.4 Å². The van der Waals surface area contributed by atoms with Crippen molar-refractivity contribution in [2.24, 2.45) is 0 Å². The molecule has 0 saturated heterocycles. The molecule has 0 spiro atoms. The van der Waals surface area contributed by atoms with Gasteiger partial charge in [0.25, 0.3) is 5.69 Å². The lowest BCUT2D eigenvalue weighted by Crippen LogP contribution is -2.04. The SMILES string of the molecule is O=C(O)c1cc(Sc2ccccc2F)c(F)cc1[N+](=O)[O-]. The van der Waals surface area contributed by atoms with E-state index < -0.39 is 33.8 Å². The molecule has 0 radical (unpaired) electrons. The van der Waals surface area contributed by atoms with Gasteiger partial charge in [-0.25, -0.2) is 13.6 Å². The van der Waals surface area contributed by atoms with Crippen LogP contribution in [0.15, 0.2) is 46.2 Å². The highest BCUT2D eigenvalue weighted by molar-refractivity contribution is 7.99. The van der Waals surface area contributed by atoms with Crippen LogP contribution in [0.4, 0.5) is 14.5 Å². The third-order valence-electron chi connectivity index (χ3n) is 2.53. The van der Waals surface area contributed by atoms with E-state index in [4.69, 9.17) is 5.11 Å². The minimum atomic E-state index is -1.56. The Bertz CT molecular complexity index is 736. The van der Waals surface area contributed by atoms with Gasteiger partial charge in [-0.3, -0.25) is 10.1 Å². The molecule has 0 fully saturated rings. The first-order valence-electron chi connectivity index (χ1n) is 5.53. The summed E-state index contributed by atoms with van der Waals surface area (Å²) in [6.07, 6.45) is 0. The van der Waals surface area contributed by atoms with Crippen LogP contribution in [0, 0.1) is 21.7 Å². The number of rotatable bonds is 4. The molecule has 5 nitrogen and oxygen atoms in total. The van der Waals surface area contributed by atoms with Gasteiger partial charge < -0.3 is 5.11 Å². The Morgan fingerprint density at radius 1 is 1.14 bits per heavy atom. The molecule has 0 bridgehead atoms. The van der Waals surface area contributed by atoms with E-state index in [1.807, 2.05) is 0 Å². The van der Waals surface area contributed by atoms with Crippen molar-refractivity contribution in [3.8, 4) is 0 Å². The van der Waals surface area contributed by atoms with Crippen molar-refractivity contribution >= 4 is 23.4 Å². The number of aromatic carboxylic acids is 1. The van der Waals surface area contributed by atoms with E-state index in [0.29, 0.717) is 17.8 Å². The van der Waals surface area contributed by atoms with Crippen LogP contribution in [-0.2, 0) is 0 Å². The van der Waals surface area contributed by atoms with E-state index in [-0.39, 0.29) is 9.79 Å². The van der Waals surface area contributed by atoms with Gasteiger partial charge in [-0.05, 0) is 18.2 Å². The van der Waals surface area contributed by atoms with Crippen LogP contribution in [-0.4, -0.2) is 16.0 Å². The van der Waals surface area contributed by atoms with E-state index >= 15 is 0 Å². The number of carbonyl (C=O) groups is 1. The lowest BCUT2D eigenvalue weighted by Gasteiger charge is -2.06. The second-order valence-electron chi connectivity index (χ2n) is 3.89. The summed E-state index contributed by atoms with van der Waals surface area (Å²) in [6, 6.07) is 6.89. The topological polar surface area (TPSA) is 80.4 Å². The van der Waals surface area contributed by atoms with Crippen molar-refractivity contribution in [3.63, 3.8) is 0 Å². The van der Waals surface area contributed by atoms with Crippen LogP contribution in [0.5, 0.6) is 0 Å². The Kier molecular flexibility index (Phi) is 4.18. The summed E-state index contributed by atoms with van der Waals surface area (Å²) in [5.74, 6) is -3.14. The van der Waals surface area contributed by atoms with E-state index in [9.17, 15) is 23.7 Å². The van der Waals surface area contributed by atoms with Crippen LogP contribution in [0.2, 0.25) is 0 Å². The Balaban J connectivity index is 2.50. The van der Waals surface area contributed by atoms with E-state index in [0.717, 1.165) is 6.07 Å². The van der Waals surface area contributed by atoms with Gasteiger partial charge in [0.1, 0.15) is 17.2 Å². The molecule has 1 N–H and O–H groups in total. The third kappa shape index (κ3) is 3.16. The zero-order valence-corrected chi connectivity index (χ0v) is 11.1. The monoisotopic (exact) mass is 311 g/mol. The Morgan fingerprint density at radius 2 is 1.81 bits per heavy atom. The van der Waals surface area contributed by atoms with Gasteiger partial charge in [-0.15, -0.1) is 0 Å². The molecular weight excluding hydrogens is 304 g/mol. The number of nitrogens with zero attached hydrogens (tertiary/aromatic N) is 1. The predicted molar refractivity (Wildman–Crippen MR) is 70.5 cm³/mol. The van der Waals surface area contributed by atoms with E-state index in [1.165, 1.54) is 24.3 Å². The van der Waals surface area contributed by atoms with Crippen LogP contribution in [0.3, 0.4) is 0 Å². The number of carboxylic acid groups (broad SMARTS) is 1. The van der Waals surface area contributed by atoms with Gasteiger partial charge in [-0.1, -0.05) is 23.9 Å². The van der Waals surface area contributed by atoms with Gasteiger partial charge in [0.2, 0.25) is 0 Å². The van der Waals surface area contributed by atoms with Gasteiger partial charge >= 0.3 is 5.97 Å². The van der Waals surface area contributed by atoms with Gasteiger partial charge in [0.05, 0.1) is 11.0 Å². The second kappa shape index (κ2) is 5.88. The fraction of sp³-hybridized carbons (Fsp3) is 0. The summed E-state index contributed by atoms with van der Waals surface area (Å²) in [4.78, 5) is 20.6. The highest BCUT2D eigenvalue weighted by Crippen LogP contribution is 2.35. The van der Waals surface area contributed by atoms with Crippen molar-refractivity contribution in [1.29, 1.82) is 0 Å². The standard InChI is InChI=1S/C13H7F2NO4S/c14-8-3-1-2-4-11(8)21-12-5-7(13(17)18)10(16(19)20)6-9(12)15/h1-6H,(H,17,18). The van der Waals surface area contributed by atoms with Crippen LogP contribution >= 0.6 is 11.8 Å². The first-order chi connectivity index (χ1) is 9.90. The number of hydrogen-bond acceptors (Lipinski definition) is 4. The molecule has 2 aromatic carbocycles. The normalized spacial score (nSPS) is 10.4. The molecule has 0 heterocycles. The van der Waals surface area contributed by atoms with Crippen molar-refractivity contribution < 1.29 is 23.6 Å². The molecule has 0 aliphatic rings. The van der Waals surface area contributed by atoms with Crippen LogP contribution < -0.4 is 0 Å². The Morgan fingerprint density at radius 3 is 2.38 bits per heavy atom. The molecule has 8 heteroatoms. The van der Waals surface area contributed by atoms with Crippen LogP contribution in [0.25, 0.3) is 0 Å². The minimum Gasteiger partial charge on any atom is -0.477 e. The molecule has 2 rings (SSSR count). The molecule has 0 aliphatic carbocycles. The first kappa shape index (κ1) is 14.9. The highest BCUT2D eigenvalue weighted by Gasteiger charge is 2.24.